The third-order valence-corrected chi connectivity index (χ3v) is 3.08. The molecule has 1 aromatic carbocycles. The number of aliphatic carboxylic acids is 1. The van der Waals surface area contributed by atoms with Crippen molar-refractivity contribution in [2.75, 3.05) is 0 Å². The van der Waals surface area contributed by atoms with Gasteiger partial charge >= 0.3 is 5.97 Å². The molecule has 0 aromatic heterocycles. The summed E-state index contributed by atoms with van der Waals surface area (Å²) < 4.78 is 12.8. The number of hydrogen-bond donors (Lipinski definition) is 3. The standard InChI is InChI=1S/C14H18FNO4/c1-8(17)13(16)12(18)7-10(14(19)20)6-9-2-4-11(15)5-3-9/h2-5,8,10,13,17H,6-7,16H2,1H3,(H,19,20)/t8-,10-,13+/m1/s1. The second-order valence-electron chi connectivity index (χ2n) is 4.80. The summed E-state index contributed by atoms with van der Waals surface area (Å²) in [7, 11) is 0. The summed E-state index contributed by atoms with van der Waals surface area (Å²) in [6.45, 7) is 1.37. The van der Waals surface area contributed by atoms with Gasteiger partial charge in [-0.1, -0.05) is 12.1 Å². The molecule has 1 rings (SSSR count). The fourth-order valence-corrected chi connectivity index (χ4v) is 1.80. The Bertz CT molecular complexity index is 473. The van der Waals surface area contributed by atoms with Crippen LogP contribution in [0.25, 0.3) is 0 Å². The maximum absolute atomic E-state index is 12.8. The number of aliphatic hydroxyl groups excluding tert-OH is 1. The fraction of sp³-hybridized carbons (Fsp3) is 0.429. The van der Waals surface area contributed by atoms with E-state index in [-0.39, 0.29) is 12.8 Å². The Morgan fingerprint density at radius 1 is 1.30 bits per heavy atom. The van der Waals surface area contributed by atoms with Gasteiger partial charge in [-0.2, -0.15) is 0 Å². The van der Waals surface area contributed by atoms with Crippen molar-refractivity contribution < 1.29 is 24.2 Å². The number of carbonyl (C=O) groups excluding carboxylic acids is 1. The number of carboxylic acids is 1. The second-order valence-corrected chi connectivity index (χ2v) is 4.80. The second kappa shape index (κ2) is 7.12. The van der Waals surface area contributed by atoms with Gasteiger partial charge in [-0.05, 0) is 31.0 Å². The summed E-state index contributed by atoms with van der Waals surface area (Å²) in [6.07, 6.45) is -1.19. The van der Waals surface area contributed by atoms with Crippen LogP contribution in [0.5, 0.6) is 0 Å². The number of carboxylic acid groups (broad SMARTS) is 1. The maximum Gasteiger partial charge on any atom is 0.307 e. The Hall–Kier alpha value is -1.79. The molecular weight excluding hydrogens is 265 g/mol. The normalized spacial score (nSPS) is 15.4. The average molecular weight is 283 g/mol. The molecule has 4 N–H and O–H groups in total. The van der Waals surface area contributed by atoms with E-state index in [1.54, 1.807) is 0 Å². The van der Waals surface area contributed by atoms with Crippen LogP contribution in [0, 0.1) is 11.7 Å². The number of benzene rings is 1. The number of rotatable bonds is 7. The largest absolute Gasteiger partial charge is 0.481 e. The van der Waals surface area contributed by atoms with Gasteiger partial charge in [-0.25, -0.2) is 4.39 Å². The lowest BCUT2D eigenvalue weighted by Gasteiger charge is -2.17. The Balaban J connectivity index is 2.72. The third kappa shape index (κ3) is 4.71. The lowest BCUT2D eigenvalue weighted by atomic mass is 9.91. The van der Waals surface area contributed by atoms with E-state index < -0.39 is 35.6 Å². The Kier molecular flexibility index (Phi) is 5.79. The van der Waals surface area contributed by atoms with Crippen LogP contribution in [0.3, 0.4) is 0 Å². The Morgan fingerprint density at radius 2 is 1.85 bits per heavy atom. The summed E-state index contributed by atoms with van der Waals surface area (Å²) in [6, 6.07) is 4.33. The molecule has 0 saturated heterocycles. The summed E-state index contributed by atoms with van der Waals surface area (Å²) in [5.41, 5.74) is 6.10. The van der Waals surface area contributed by atoms with Gasteiger partial charge in [0.1, 0.15) is 5.82 Å². The highest BCUT2D eigenvalue weighted by Crippen LogP contribution is 2.15. The maximum atomic E-state index is 12.8. The van der Waals surface area contributed by atoms with E-state index in [2.05, 4.69) is 0 Å². The molecule has 3 atom stereocenters. The molecule has 0 radical (unpaired) electrons. The van der Waals surface area contributed by atoms with E-state index in [9.17, 15) is 19.1 Å². The van der Waals surface area contributed by atoms with Crippen LogP contribution in [-0.2, 0) is 16.0 Å². The smallest absolute Gasteiger partial charge is 0.307 e. The molecular formula is C14H18FNO4. The highest BCUT2D eigenvalue weighted by molar-refractivity contribution is 5.88. The molecule has 1 aromatic rings. The first-order chi connectivity index (χ1) is 9.31. The first kappa shape index (κ1) is 16.3. The molecule has 0 aliphatic rings. The summed E-state index contributed by atoms with van der Waals surface area (Å²) in [5, 5.41) is 18.4. The molecule has 0 unspecified atom stereocenters. The molecule has 0 aliphatic heterocycles. The van der Waals surface area contributed by atoms with Crippen LogP contribution in [0.15, 0.2) is 24.3 Å². The molecule has 5 nitrogen and oxygen atoms in total. The van der Waals surface area contributed by atoms with E-state index in [1.807, 2.05) is 0 Å². The van der Waals surface area contributed by atoms with Gasteiger partial charge in [-0.15, -0.1) is 0 Å². The van der Waals surface area contributed by atoms with E-state index in [4.69, 9.17) is 10.8 Å². The van der Waals surface area contributed by atoms with Crippen molar-refractivity contribution in [3.05, 3.63) is 35.6 Å². The third-order valence-electron chi connectivity index (χ3n) is 3.08. The van der Waals surface area contributed by atoms with Gasteiger partial charge in [0.05, 0.1) is 18.1 Å². The van der Waals surface area contributed by atoms with E-state index in [0.717, 1.165) is 0 Å². The Morgan fingerprint density at radius 3 is 2.30 bits per heavy atom. The van der Waals surface area contributed by atoms with Gasteiger partial charge < -0.3 is 15.9 Å². The predicted molar refractivity (Wildman–Crippen MR) is 70.5 cm³/mol. The number of Topliss-reactive ketones (excluding diaryl/α,β-unsaturated/α-hetero) is 1. The van der Waals surface area contributed by atoms with Crippen LogP contribution >= 0.6 is 0 Å². The van der Waals surface area contributed by atoms with Gasteiger partial charge in [0, 0.05) is 6.42 Å². The molecule has 0 spiro atoms. The van der Waals surface area contributed by atoms with Crippen molar-refractivity contribution in [2.45, 2.75) is 31.9 Å². The predicted octanol–water partition coefficient (Wildman–Crippen LogP) is 0.736. The van der Waals surface area contributed by atoms with E-state index in [1.165, 1.54) is 31.2 Å². The number of halogens is 1. The van der Waals surface area contributed by atoms with E-state index in [0.29, 0.717) is 5.56 Å². The van der Waals surface area contributed by atoms with Crippen LogP contribution in [-0.4, -0.2) is 34.1 Å². The lowest BCUT2D eigenvalue weighted by Crippen LogP contribution is -2.41. The quantitative estimate of drug-likeness (QED) is 0.685. The first-order valence-corrected chi connectivity index (χ1v) is 6.25. The van der Waals surface area contributed by atoms with Crippen molar-refractivity contribution in [3.63, 3.8) is 0 Å². The van der Waals surface area contributed by atoms with Crippen LogP contribution < -0.4 is 5.73 Å². The van der Waals surface area contributed by atoms with Crippen LogP contribution in [0.2, 0.25) is 0 Å². The van der Waals surface area contributed by atoms with Crippen molar-refractivity contribution in [2.24, 2.45) is 11.7 Å². The minimum Gasteiger partial charge on any atom is -0.481 e. The van der Waals surface area contributed by atoms with Crippen molar-refractivity contribution in [3.8, 4) is 0 Å². The fourth-order valence-electron chi connectivity index (χ4n) is 1.80. The number of aliphatic hydroxyl groups is 1. The van der Waals surface area contributed by atoms with Gasteiger partial charge in [0.25, 0.3) is 0 Å². The molecule has 0 amide bonds. The number of carbonyl (C=O) groups is 2. The molecule has 0 bridgehead atoms. The molecule has 0 aliphatic carbocycles. The van der Waals surface area contributed by atoms with Crippen LogP contribution in [0.4, 0.5) is 4.39 Å². The minimum atomic E-state index is -1.12. The van der Waals surface area contributed by atoms with Crippen molar-refractivity contribution >= 4 is 11.8 Å². The van der Waals surface area contributed by atoms with Gasteiger partial charge in [0.15, 0.2) is 5.78 Å². The highest BCUT2D eigenvalue weighted by atomic mass is 19.1. The monoisotopic (exact) mass is 283 g/mol. The highest BCUT2D eigenvalue weighted by Gasteiger charge is 2.26. The lowest BCUT2D eigenvalue weighted by molar-refractivity contribution is -0.144. The summed E-state index contributed by atoms with van der Waals surface area (Å²) in [4.78, 5) is 22.9. The topological polar surface area (TPSA) is 101 Å². The first-order valence-electron chi connectivity index (χ1n) is 6.25. The zero-order valence-corrected chi connectivity index (χ0v) is 11.1. The summed E-state index contributed by atoms with van der Waals surface area (Å²) in [5.74, 6) is -2.99. The SMILES string of the molecule is C[C@@H](O)[C@H](N)C(=O)C[C@@H](Cc1ccc(F)cc1)C(=O)O. The van der Waals surface area contributed by atoms with Gasteiger partial charge in [0.2, 0.25) is 0 Å². The molecule has 110 valence electrons. The molecule has 0 saturated carbocycles. The zero-order chi connectivity index (χ0) is 15.3. The number of ketones is 1. The van der Waals surface area contributed by atoms with Crippen LogP contribution in [0.1, 0.15) is 18.9 Å². The number of nitrogens with two attached hydrogens (primary N) is 1. The Labute approximate surface area is 116 Å². The molecule has 0 heterocycles. The van der Waals surface area contributed by atoms with Crippen molar-refractivity contribution in [1.82, 2.24) is 0 Å². The van der Waals surface area contributed by atoms with E-state index >= 15 is 0 Å². The molecule has 0 fully saturated rings. The average Bonchev–Trinajstić information content (AvgIpc) is 2.39. The molecule has 20 heavy (non-hydrogen) atoms. The van der Waals surface area contributed by atoms with Gasteiger partial charge in [-0.3, -0.25) is 9.59 Å². The minimum absolute atomic E-state index is 0.105. The summed E-state index contributed by atoms with van der Waals surface area (Å²) >= 11 is 0. The zero-order valence-electron chi connectivity index (χ0n) is 11.1. The number of hydrogen-bond acceptors (Lipinski definition) is 4. The van der Waals surface area contributed by atoms with Crippen molar-refractivity contribution in [1.29, 1.82) is 0 Å². The molecule has 6 heteroatoms.